The molecule has 0 unspecified atom stereocenters. The van der Waals surface area contributed by atoms with Crippen molar-refractivity contribution in [3.8, 4) is 0 Å². The number of hydrazine groups is 1. The Labute approximate surface area is 155 Å². The number of carbonyl (C=O) groups is 2. The summed E-state index contributed by atoms with van der Waals surface area (Å²) in [6.45, 7) is 3.95. The molecule has 3 rings (SSSR count). The number of benzene rings is 2. The van der Waals surface area contributed by atoms with Crippen LogP contribution < -0.4 is 5.43 Å². The number of hydrogen-bond donors (Lipinski definition) is 1. The van der Waals surface area contributed by atoms with Gasteiger partial charge in [-0.1, -0.05) is 59.3 Å². The number of rotatable bonds is 3. The predicted molar refractivity (Wildman–Crippen MR) is 105 cm³/mol. The molecular weight excluding hydrogens is 352 g/mol. The third kappa shape index (κ3) is 3.97. The van der Waals surface area contributed by atoms with Crippen molar-refractivity contribution in [1.82, 2.24) is 10.4 Å². The van der Waals surface area contributed by atoms with E-state index in [1.54, 1.807) is 18.2 Å². The first-order chi connectivity index (χ1) is 11.9. The summed E-state index contributed by atoms with van der Waals surface area (Å²) in [4.78, 5) is 25.3. The van der Waals surface area contributed by atoms with Crippen molar-refractivity contribution < 1.29 is 9.59 Å². The van der Waals surface area contributed by atoms with Gasteiger partial charge in [-0.3, -0.25) is 15.0 Å². The normalized spacial score (nSPS) is 15.8. The van der Waals surface area contributed by atoms with E-state index < -0.39 is 0 Å². The molecule has 1 heterocycles. The van der Waals surface area contributed by atoms with Crippen LogP contribution in [-0.4, -0.2) is 21.1 Å². The summed E-state index contributed by atoms with van der Waals surface area (Å²) < 4.78 is 0.309. The van der Waals surface area contributed by atoms with Gasteiger partial charge in [0.05, 0.1) is 4.91 Å². The Morgan fingerprint density at radius 2 is 1.60 bits per heavy atom. The van der Waals surface area contributed by atoms with Gasteiger partial charge in [0.25, 0.3) is 11.8 Å². The quantitative estimate of drug-likeness (QED) is 0.660. The van der Waals surface area contributed by atoms with E-state index in [4.69, 9.17) is 12.2 Å². The number of amides is 2. The summed E-state index contributed by atoms with van der Waals surface area (Å²) >= 11 is 6.41. The third-order valence-electron chi connectivity index (χ3n) is 3.70. The van der Waals surface area contributed by atoms with Gasteiger partial charge in [0.2, 0.25) is 0 Å². The number of hydrogen-bond acceptors (Lipinski definition) is 4. The number of thioether (sulfide) groups is 1. The SMILES string of the molecule is Cc1ccc(/C=C2/SC(=S)N(NC(=O)c3ccc(C)cc3)C2=O)cc1. The highest BCUT2D eigenvalue weighted by atomic mass is 32.2. The van der Waals surface area contributed by atoms with Crippen molar-refractivity contribution in [3.05, 3.63) is 75.7 Å². The molecule has 0 atom stereocenters. The fourth-order valence-corrected chi connectivity index (χ4v) is 3.43. The molecule has 126 valence electrons. The van der Waals surface area contributed by atoms with E-state index in [1.165, 1.54) is 11.8 Å². The number of nitrogens with zero attached hydrogens (tertiary/aromatic N) is 1. The van der Waals surface area contributed by atoms with Crippen LogP contribution in [0, 0.1) is 13.8 Å². The largest absolute Gasteiger partial charge is 0.285 e. The van der Waals surface area contributed by atoms with Gasteiger partial charge in [-0.2, -0.15) is 5.01 Å². The molecule has 0 aliphatic carbocycles. The molecule has 1 saturated heterocycles. The molecule has 6 heteroatoms. The summed E-state index contributed by atoms with van der Waals surface area (Å²) in [5.41, 5.74) is 6.17. The van der Waals surface area contributed by atoms with Gasteiger partial charge in [0, 0.05) is 5.56 Å². The lowest BCUT2D eigenvalue weighted by atomic mass is 10.1. The summed E-state index contributed by atoms with van der Waals surface area (Å²) in [6, 6.07) is 14.9. The second-order valence-corrected chi connectivity index (χ2v) is 7.41. The van der Waals surface area contributed by atoms with Gasteiger partial charge in [0.1, 0.15) is 0 Å². The Balaban J connectivity index is 1.76. The smallest absolute Gasteiger partial charge is 0.267 e. The van der Waals surface area contributed by atoms with Crippen molar-refractivity contribution in [2.24, 2.45) is 0 Å². The molecule has 0 aromatic heterocycles. The maximum atomic E-state index is 12.5. The molecule has 1 N–H and O–H groups in total. The average Bonchev–Trinajstić information content (AvgIpc) is 2.85. The van der Waals surface area contributed by atoms with E-state index >= 15 is 0 Å². The minimum absolute atomic E-state index is 0.309. The number of carbonyl (C=O) groups excluding carboxylic acids is 2. The van der Waals surface area contributed by atoms with E-state index in [0.717, 1.165) is 21.7 Å². The number of thiocarbonyl (C=S) groups is 1. The Kier molecular flexibility index (Phi) is 5.01. The molecule has 1 fully saturated rings. The first kappa shape index (κ1) is 17.4. The lowest BCUT2D eigenvalue weighted by Gasteiger charge is -2.15. The summed E-state index contributed by atoms with van der Waals surface area (Å²) in [7, 11) is 0. The van der Waals surface area contributed by atoms with E-state index in [0.29, 0.717) is 14.8 Å². The molecule has 1 aliphatic heterocycles. The first-order valence-corrected chi connectivity index (χ1v) is 8.89. The second kappa shape index (κ2) is 7.21. The first-order valence-electron chi connectivity index (χ1n) is 7.66. The highest BCUT2D eigenvalue weighted by Crippen LogP contribution is 2.31. The lowest BCUT2D eigenvalue weighted by molar-refractivity contribution is -0.123. The number of nitrogens with one attached hydrogen (secondary N) is 1. The standard InChI is InChI=1S/C19H16N2O2S2/c1-12-3-7-14(8-4-12)11-16-18(23)21(19(24)25-16)20-17(22)15-9-5-13(2)6-10-15/h3-11H,1-2H3,(H,20,22)/b16-11+. The second-order valence-electron chi connectivity index (χ2n) is 5.73. The maximum Gasteiger partial charge on any atom is 0.285 e. The summed E-state index contributed by atoms with van der Waals surface area (Å²) in [5.74, 6) is -0.691. The van der Waals surface area contributed by atoms with Gasteiger partial charge < -0.3 is 0 Å². The molecular formula is C19H16N2O2S2. The molecule has 0 saturated carbocycles. The molecule has 4 nitrogen and oxygen atoms in total. The van der Waals surface area contributed by atoms with Crippen LogP contribution in [0.1, 0.15) is 27.0 Å². The lowest BCUT2D eigenvalue weighted by Crippen LogP contribution is -2.44. The topological polar surface area (TPSA) is 49.4 Å². The molecule has 2 aromatic carbocycles. The summed E-state index contributed by atoms with van der Waals surface area (Å²) in [5, 5.41) is 1.13. The van der Waals surface area contributed by atoms with Crippen molar-refractivity contribution in [2.75, 3.05) is 0 Å². The van der Waals surface area contributed by atoms with E-state index in [-0.39, 0.29) is 11.8 Å². The van der Waals surface area contributed by atoms with Gasteiger partial charge in [0.15, 0.2) is 4.32 Å². The molecule has 2 amide bonds. The molecule has 2 aromatic rings. The molecule has 0 radical (unpaired) electrons. The highest BCUT2D eigenvalue weighted by molar-refractivity contribution is 8.26. The van der Waals surface area contributed by atoms with E-state index in [1.807, 2.05) is 50.2 Å². The van der Waals surface area contributed by atoms with E-state index in [9.17, 15) is 9.59 Å². The van der Waals surface area contributed by atoms with Crippen molar-refractivity contribution in [3.63, 3.8) is 0 Å². The fraction of sp³-hybridized carbons (Fsp3) is 0.105. The van der Waals surface area contributed by atoms with Crippen LogP contribution in [0.15, 0.2) is 53.4 Å². The highest BCUT2D eigenvalue weighted by Gasteiger charge is 2.33. The zero-order valence-electron chi connectivity index (χ0n) is 13.8. The fourth-order valence-electron chi connectivity index (χ4n) is 2.25. The van der Waals surface area contributed by atoms with Gasteiger partial charge in [-0.05, 0) is 49.8 Å². The van der Waals surface area contributed by atoms with Crippen molar-refractivity contribution in [1.29, 1.82) is 0 Å². The van der Waals surface area contributed by atoms with Gasteiger partial charge in [-0.15, -0.1) is 0 Å². The van der Waals surface area contributed by atoms with Crippen LogP contribution in [0.2, 0.25) is 0 Å². The van der Waals surface area contributed by atoms with Crippen LogP contribution in [0.5, 0.6) is 0 Å². The minimum Gasteiger partial charge on any atom is -0.267 e. The van der Waals surface area contributed by atoms with Crippen LogP contribution in [0.25, 0.3) is 6.08 Å². The Hall–Kier alpha value is -2.44. The molecule has 0 spiro atoms. The average molecular weight is 368 g/mol. The molecule has 0 bridgehead atoms. The van der Waals surface area contributed by atoms with Gasteiger partial charge in [-0.25, -0.2) is 0 Å². The Bertz CT molecular complexity index is 871. The number of aryl methyl sites for hydroxylation is 2. The Morgan fingerprint density at radius 1 is 1.04 bits per heavy atom. The van der Waals surface area contributed by atoms with Crippen LogP contribution in [0.3, 0.4) is 0 Å². The zero-order chi connectivity index (χ0) is 18.0. The third-order valence-corrected chi connectivity index (χ3v) is 5.00. The van der Waals surface area contributed by atoms with Crippen LogP contribution >= 0.6 is 24.0 Å². The molecule has 25 heavy (non-hydrogen) atoms. The van der Waals surface area contributed by atoms with Crippen molar-refractivity contribution in [2.45, 2.75) is 13.8 Å². The summed E-state index contributed by atoms with van der Waals surface area (Å²) in [6.07, 6.45) is 1.77. The monoisotopic (exact) mass is 368 g/mol. The van der Waals surface area contributed by atoms with E-state index in [2.05, 4.69) is 5.43 Å². The zero-order valence-corrected chi connectivity index (χ0v) is 15.4. The molecule has 1 aliphatic rings. The minimum atomic E-state index is -0.368. The Morgan fingerprint density at radius 3 is 2.20 bits per heavy atom. The van der Waals surface area contributed by atoms with Gasteiger partial charge >= 0.3 is 0 Å². The van der Waals surface area contributed by atoms with Crippen LogP contribution in [-0.2, 0) is 4.79 Å². The predicted octanol–water partition coefficient (Wildman–Crippen LogP) is 3.85. The van der Waals surface area contributed by atoms with Crippen molar-refractivity contribution >= 4 is 46.2 Å². The maximum absolute atomic E-state index is 12.5. The van der Waals surface area contributed by atoms with Crippen LogP contribution in [0.4, 0.5) is 0 Å².